The van der Waals surface area contributed by atoms with Crippen LogP contribution in [0.2, 0.25) is 5.02 Å². The van der Waals surface area contributed by atoms with E-state index in [1.807, 2.05) is 17.0 Å². The van der Waals surface area contributed by atoms with Gasteiger partial charge in [-0.1, -0.05) is 49.2 Å². The van der Waals surface area contributed by atoms with Crippen LogP contribution in [0.4, 0.5) is 17.1 Å². The lowest BCUT2D eigenvalue weighted by Gasteiger charge is -2.40. The maximum atomic E-state index is 15.3. The number of nitrogens with two attached hydrogens (primary N) is 1. The number of nitro benzene ring substituents is 1. The van der Waals surface area contributed by atoms with Crippen molar-refractivity contribution in [1.29, 1.82) is 0 Å². The Labute approximate surface area is 370 Å². The average Bonchev–Trinajstić information content (AvgIpc) is 3.56. The summed E-state index contributed by atoms with van der Waals surface area (Å²) in [6, 6.07) is 19.6. The first-order valence-corrected chi connectivity index (χ1v) is 23.1. The Hall–Kier alpha value is -5.68. The summed E-state index contributed by atoms with van der Waals surface area (Å²) < 4.78 is 43.8. The van der Waals surface area contributed by atoms with Crippen LogP contribution in [-0.2, 0) is 21.6 Å². The van der Waals surface area contributed by atoms with Crippen LogP contribution in [0.5, 0.6) is 11.5 Å². The summed E-state index contributed by atoms with van der Waals surface area (Å²) in [6.45, 7) is 9.04. The number of imidazole rings is 1. The molecule has 17 heteroatoms. The van der Waals surface area contributed by atoms with Crippen molar-refractivity contribution < 1.29 is 27.6 Å². The number of piperazine rings is 1. The number of nitro groups is 1. The minimum Gasteiger partial charge on any atom is -0.453 e. The molecule has 4 aromatic carbocycles. The Balaban J connectivity index is 1.18. The molecule has 5 aromatic rings. The number of rotatable bonds is 13. The molecular weight excluding hydrogens is 846 g/mol. The molecule has 8 rings (SSSR count). The molecule has 2 aliphatic heterocycles. The van der Waals surface area contributed by atoms with Crippen LogP contribution in [-0.4, -0.2) is 86.2 Å². The first kappa shape index (κ1) is 43.9. The Bertz CT molecular complexity index is 2770. The number of fused-ring (bicyclic) bond motifs is 1. The first-order chi connectivity index (χ1) is 30.1. The Kier molecular flexibility index (Phi) is 12.4. The normalized spacial score (nSPS) is 17.6. The molecule has 4 N–H and O–H groups in total. The largest absolute Gasteiger partial charge is 0.453 e. The molecule has 63 heavy (non-hydrogen) atoms. The summed E-state index contributed by atoms with van der Waals surface area (Å²) in [6.07, 6.45) is 4.56. The van der Waals surface area contributed by atoms with Crippen LogP contribution >= 0.6 is 11.6 Å². The van der Waals surface area contributed by atoms with Gasteiger partial charge in [-0.15, -0.1) is 0 Å². The number of aromatic amines is 1. The zero-order valence-electron chi connectivity index (χ0n) is 35.6. The predicted octanol–water partition coefficient (Wildman–Crippen LogP) is 7.78. The van der Waals surface area contributed by atoms with Crippen molar-refractivity contribution in [2.75, 3.05) is 62.7 Å². The van der Waals surface area contributed by atoms with Gasteiger partial charge in [0.25, 0.3) is 11.6 Å². The molecule has 0 atom stereocenters. The van der Waals surface area contributed by atoms with Crippen molar-refractivity contribution >= 4 is 61.0 Å². The summed E-state index contributed by atoms with van der Waals surface area (Å²) in [7, 11) is -3.17. The lowest BCUT2D eigenvalue weighted by molar-refractivity contribution is -0.384. The van der Waals surface area contributed by atoms with E-state index < -0.39 is 32.0 Å². The van der Waals surface area contributed by atoms with E-state index >= 15 is 8.42 Å². The van der Waals surface area contributed by atoms with Gasteiger partial charge in [-0.2, -0.15) is 0 Å². The van der Waals surface area contributed by atoms with Gasteiger partial charge in [-0.25, -0.2) is 13.2 Å². The molecule has 3 heterocycles. The molecule has 0 spiro atoms. The number of H-pyrrole nitrogens is 1. The number of aromatic nitrogens is 2. The van der Waals surface area contributed by atoms with Gasteiger partial charge in [0.15, 0.2) is 11.5 Å². The fourth-order valence-electron chi connectivity index (χ4n) is 9.00. The van der Waals surface area contributed by atoms with E-state index in [1.165, 1.54) is 41.0 Å². The monoisotopic (exact) mass is 897 g/mol. The van der Waals surface area contributed by atoms with Crippen LogP contribution in [0.25, 0.3) is 16.6 Å². The topological polar surface area (TPSA) is 195 Å². The molecule has 1 aliphatic carbocycles. The Morgan fingerprint density at radius 3 is 2.48 bits per heavy atom. The van der Waals surface area contributed by atoms with E-state index in [1.54, 1.807) is 24.3 Å². The summed E-state index contributed by atoms with van der Waals surface area (Å²) in [5, 5.41) is 16.4. The quantitative estimate of drug-likeness (QED) is 0.0772. The molecule has 1 aromatic heterocycles. The summed E-state index contributed by atoms with van der Waals surface area (Å²) in [4.78, 5) is 44.2. The second kappa shape index (κ2) is 17.8. The summed E-state index contributed by atoms with van der Waals surface area (Å²) in [5.74, 6) is -0.974. The SMILES string of the molecule is Cn1c(=O)[nH]c2cccc(Oc3c(C(N)=O)ccc(N4CCN(CC5=C(c6ccc(Cl)cc6)CC(C)(C)CC5)CC4)c3S(=O)(=O)c3ccc(NCC4CCOCC4)c([N+](=O)[O-])c3)c21. The van der Waals surface area contributed by atoms with E-state index in [4.69, 9.17) is 26.8 Å². The number of aryl methyl sites for hydroxylation is 1. The zero-order chi connectivity index (χ0) is 44.6. The third kappa shape index (κ3) is 9.21. The minimum atomic E-state index is -4.71. The molecule has 2 saturated heterocycles. The number of nitrogens with zero attached hydrogens (tertiary/aromatic N) is 4. The van der Waals surface area contributed by atoms with Gasteiger partial charge >= 0.3 is 5.69 Å². The second-order valence-electron chi connectivity index (χ2n) is 17.5. The molecule has 0 saturated carbocycles. The first-order valence-electron chi connectivity index (χ1n) is 21.2. The van der Waals surface area contributed by atoms with Gasteiger partial charge in [0.1, 0.15) is 16.1 Å². The molecular formula is C46H52ClN7O8S. The number of para-hydroxylation sites is 1. The van der Waals surface area contributed by atoms with Crippen molar-refractivity contribution in [2.24, 2.45) is 24.1 Å². The Morgan fingerprint density at radius 1 is 1.05 bits per heavy atom. The van der Waals surface area contributed by atoms with Crippen molar-refractivity contribution in [3.8, 4) is 11.5 Å². The molecule has 0 bridgehead atoms. The summed E-state index contributed by atoms with van der Waals surface area (Å²) in [5.41, 5.74) is 10.1. The molecule has 3 aliphatic rings. The molecule has 0 radical (unpaired) electrons. The number of sulfone groups is 1. The summed E-state index contributed by atoms with van der Waals surface area (Å²) >= 11 is 6.26. The smallest absolute Gasteiger partial charge is 0.326 e. The number of hydrogen-bond acceptors (Lipinski definition) is 11. The van der Waals surface area contributed by atoms with Crippen LogP contribution in [0.1, 0.15) is 61.9 Å². The average molecular weight is 898 g/mol. The van der Waals surface area contributed by atoms with Gasteiger partial charge in [-0.05, 0) is 103 Å². The fourth-order valence-corrected chi connectivity index (χ4v) is 10.7. The van der Waals surface area contributed by atoms with Crippen LogP contribution in [0.15, 0.2) is 93.0 Å². The molecule has 332 valence electrons. The standard InChI is InChI=1S/C46H52ClN7O8S/c1-46(2)18-15-31(35(26-46)30-7-9-32(47)10-8-30)28-52-19-21-53(22-20-52)38-14-12-34(44(48)55)42(62-40-6-4-5-37-41(40)51(3)45(56)50-37)43(38)63(59,60)33-11-13-36(39(25-33)54(57)58)49-27-29-16-23-61-24-17-29/h4-14,25,29,49H,15-24,26-28H2,1-3H3,(H2,48,55)(H,50,56). The van der Waals surface area contributed by atoms with Crippen molar-refractivity contribution in [2.45, 2.75) is 55.7 Å². The highest BCUT2D eigenvalue weighted by Gasteiger charge is 2.36. The number of allylic oxidation sites excluding steroid dienone is 1. The zero-order valence-corrected chi connectivity index (χ0v) is 37.2. The number of amides is 1. The lowest BCUT2D eigenvalue weighted by Crippen LogP contribution is -2.47. The van der Waals surface area contributed by atoms with Crippen LogP contribution in [0, 0.1) is 21.4 Å². The number of carbonyl (C=O) groups is 1. The van der Waals surface area contributed by atoms with Gasteiger partial charge in [0, 0.05) is 70.6 Å². The number of ether oxygens (including phenoxy) is 2. The van der Waals surface area contributed by atoms with Crippen molar-refractivity contribution in [3.63, 3.8) is 0 Å². The second-order valence-corrected chi connectivity index (χ2v) is 19.8. The van der Waals surface area contributed by atoms with Crippen LogP contribution < -0.4 is 26.4 Å². The lowest BCUT2D eigenvalue weighted by atomic mass is 9.72. The third-order valence-corrected chi connectivity index (χ3v) is 14.7. The number of primary amides is 1. The van der Waals surface area contributed by atoms with Gasteiger partial charge in [0.05, 0.1) is 26.6 Å². The molecule has 1 amide bonds. The van der Waals surface area contributed by atoms with E-state index in [0.717, 1.165) is 50.3 Å². The van der Waals surface area contributed by atoms with E-state index in [-0.39, 0.29) is 49.6 Å². The van der Waals surface area contributed by atoms with Crippen molar-refractivity contribution in [1.82, 2.24) is 14.5 Å². The number of anilines is 2. The van der Waals surface area contributed by atoms with Crippen LogP contribution in [0.3, 0.4) is 0 Å². The van der Waals surface area contributed by atoms with E-state index in [2.05, 4.69) is 41.2 Å². The highest BCUT2D eigenvalue weighted by molar-refractivity contribution is 7.91. The number of halogens is 1. The van der Waals surface area contributed by atoms with Gasteiger partial charge in [-0.3, -0.25) is 24.4 Å². The number of carbonyl (C=O) groups excluding carboxylic acids is 1. The highest BCUT2D eigenvalue weighted by atomic mass is 35.5. The van der Waals surface area contributed by atoms with E-state index in [0.29, 0.717) is 62.0 Å². The predicted molar refractivity (Wildman–Crippen MR) is 244 cm³/mol. The number of hydrogen-bond donors (Lipinski definition) is 3. The van der Waals surface area contributed by atoms with E-state index in [9.17, 15) is 19.7 Å². The minimum absolute atomic E-state index is 0.0911. The maximum absolute atomic E-state index is 15.3. The van der Waals surface area contributed by atoms with Gasteiger partial charge < -0.3 is 30.4 Å². The number of nitrogens with one attached hydrogen (secondary N) is 2. The number of benzene rings is 4. The van der Waals surface area contributed by atoms with Gasteiger partial charge in [0.2, 0.25) is 9.84 Å². The maximum Gasteiger partial charge on any atom is 0.326 e. The molecule has 15 nitrogen and oxygen atoms in total. The fraction of sp³-hybridized carbons (Fsp3) is 0.391. The Morgan fingerprint density at radius 2 is 1.78 bits per heavy atom. The highest BCUT2D eigenvalue weighted by Crippen LogP contribution is 2.46. The van der Waals surface area contributed by atoms with Crippen molar-refractivity contribution in [3.05, 3.63) is 115 Å². The third-order valence-electron chi connectivity index (χ3n) is 12.6. The molecule has 0 unspecified atom stereocenters. The molecule has 2 fully saturated rings.